The first-order chi connectivity index (χ1) is 11.0. The summed E-state index contributed by atoms with van der Waals surface area (Å²) in [6, 6.07) is 11.8. The zero-order valence-corrected chi connectivity index (χ0v) is 14.2. The molecule has 122 valence electrons. The standard InChI is InChI=1S/C18H24N4O/c1-5-16(14-9-7-6-8-10-14)17(23)19-12-15-11-13(2)20-18(21-15)22(3)4/h6-11,16H,5,12H2,1-4H3,(H,19,23). The zero-order valence-electron chi connectivity index (χ0n) is 14.2. The lowest BCUT2D eigenvalue weighted by molar-refractivity contribution is -0.122. The van der Waals surface area contributed by atoms with Crippen LogP contribution < -0.4 is 10.2 Å². The molecule has 0 bridgehead atoms. The van der Waals surface area contributed by atoms with E-state index in [1.165, 1.54) is 0 Å². The summed E-state index contributed by atoms with van der Waals surface area (Å²) in [5.41, 5.74) is 2.75. The fourth-order valence-corrected chi connectivity index (χ4v) is 2.47. The fraction of sp³-hybridized carbons (Fsp3) is 0.389. The summed E-state index contributed by atoms with van der Waals surface area (Å²) in [6.07, 6.45) is 0.765. The second-order valence-electron chi connectivity index (χ2n) is 5.78. The normalized spacial score (nSPS) is 11.8. The summed E-state index contributed by atoms with van der Waals surface area (Å²) in [4.78, 5) is 23.2. The molecular weight excluding hydrogens is 288 g/mol. The van der Waals surface area contributed by atoms with Gasteiger partial charge in [0.1, 0.15) is 0 Å². The minimum Gasteiger partial charge on any atom is -0.350 e. The average Bonchev–Trinajstić information content (AvgIpc) is 2.54. The molecule has 0 aliphatic rings. The number of aryl methyl sites for hydroxylation is 1. The van der Waals surface area contributed by atoms with E-state index in [9.17, 15) is 4.79 Å². The number of amides is 1. The van der Waals surface area contributed by atoms with Gasteiger partial charge in [-0.15, -0.1) is 0 Å². The van der Waals surface area contributed by atoms with Crippen LogP contribution in [0.15, 0.2) is 36.4 Å². The fourth-order valence-electron chi connectivity index (χ4n) is 2.47. The molecule has 1 aromatic carbocycles. The van der Waals surface area contributed by atoms with Crippen molar-refractivity contribution in [3.05, 3.63) is 53.3 Å². The summed E-state index contributed by atoms with van der Waals surface area (Å²) < 4.78 is 0. The summed E-state index contributed by atoms with van der Waals surface area (Å²) in [5.74, 6) is 0.554. The van der Waals surface area contributed by atoms with E-state index < -0.39 is 0 Å². The van der Waals surface area contributed by atoms with Crippen molar-refractivity contribution in [2.24, 2.45) is 0 Å². The van der Waals surface area contributed by atoms with Crippen LogP contribution in [0.3, 0.4) is 0 Å². The molecule has 0 saturated heterocycles. The van der Waals surface area contributed by atoms with Crippen molar-refractivity contribution in [3.63, 3.8) is 0 Å². The quantitative estimate of drug-likeness (QED) is 0.891. The van der Waals surface area contributed by atoms with Crippen molar-refractivity contribution in [1.29, 1.82) is 0 Å². The highest BCUT2D eigenvalue weighted by Gasteiger charge is 2.18. The largest absolute Gasteiger partial charge is 0.350 e. The summed E-state index contributed by atoms with van der Waals surface area (Å²) in [7, 11) is 3.80. The maximum Gasteiger partial charge on any atom is 0.227 e. The van der Waals surface area contributed by atoms with E-state index in [2.05, 4.69) is 15.3 Å². The van der Waals surface area contributed by atoms with E-state index in [0.717, 1.165) is 23.4 Å². The van der Waals surface area contributed by atoms with Gasteiger partial charge in [-0.1, -0.05) is 37.3 Å². The molecule has 0 spiro atoms. The van der Waals surface area contributed by atoms with Gasteiger partial charge in [-0.3, -0.25) is 4.79 Å². The molecule has 0 aliphatic heterocycles. The molecule has 2 rings (SSSR count). The Balaban J connectivity index is 2.06. The molecule has 5 nitrogen and oxygen atoms in total. The highest BCUT2D eigenvalue weighted by atomic mass is 16.1. The number of hydrogen-bond donors (Lipinski definition) is 1. The van der Waals surface area contributed by atoms with Gasteiger partial charge in [-0.05, 0) is 25.0 Å². The molecule has 1 unspecified atom stereocenters. The van der Waals surface area contributed by atoms with Crippen LogP contribution in [0.4, 0.5) is 5.95 Å². The number of carbonyl (C=O) groups excluding carboxylic acids is 1. The second kappa shape index (κ2) is 7.72. The zero-order chi connectivity index (χ0) is 16.8. The molecule has 1 aromatic heterocycles. The Morgan fingerprint density at radius 1 is 1.22 bits per heavy atom. The number of nitrogens with zero attached hydrogens (tertiary/aromatic N) is 3. The molecule has 1 amide bonds. The van der Waals surface area contributed by atoms with E-state index in [1.807, 2.05) is 69.2 Å². The Labute approximate surface area is 137 Å². The minimum atomic E-state index is -0.132. The molecule has 23 heavy (non-hydrogen) atoms. The Morgan fingerprint density at radius 3 is 2.52 bits per heavy atom. The lowest BCUT2D eigenvalue weighted by atomic mass is 9.96. The van der Waals surface area contributed by atoms with Crippen LogP contribution in [-0.4, -0.2) is 30.0 Å². The van der Waals surface area contributed by atoms with Gasteiger partial charge in [-0.25, -0.2) is 9.97 Å². The van der Waals surface area contributed by atoms with Gasteiger partial charge in [0.15, 0.2) is 0 Å². The molecule has 5 heteroatoms. The van der Waals surface area contributed by atoms with E-state index in [-0.39, 0.29) is 11.8 Å². The summed E-state index contributed by atoms with van der Waals surface area (Å²) in [5, 5.41) is 2.99. The molecule has 1 heterocycles. The Hall–Kier alpha value is -2.43. The van der Waals surface area contributed by atoms with Crippen molar-refractivity contribution in [2.45, 2.75) is 32.7 Å². The van der Waals surface area contributed by atoms with Crippen LogP contribution in [0.5, 0.6) is 0 Å². The molecule has 2 aromatic rings. The van der Waals surface area contributed by atoms with E-state index >= 15 is 0 Å². The Bertz CT molecular complexity index is 655. The van der Waals surface area contributed by atoms with Gasteiger partial charge in [0, 0.05) is 19.8 Å². The van der Waals surface area contributed by atoms with Crippen molar-refractivity contribution in [1.82, 2.24) is 15.3 Å². The topological polar surface area (TPSA) is 58.1 Å². The summed E-state index contributed by atoms with van der Waals surface area (Å²) in [6.45, 7) is 4.36. The predicted octanol–water partition coefficient (Wildman–Crippen LogP) is 2.66. The van der Waals surface area contributed by atoms with Gasteiger partial charge in [0.25, 0.3) is 0 Å². The number of nitrogens with one attached hydrogen (secondary N) is 1. The highest BCUT2D eigenvalue weighted by Crippen LogP contribution is 2.19. The van der Waals surface area contributed by atoms with Crippen LogP contribution in [0.2, 0.25) is 0 Å². The second-order valence-corrected chi connectivity index (χ2v) is 5.78. The monoisotopic (exact) mass is 312 g/mol. The highest BCUT2D eigenvalue weighted by molar-refractivity contribution is 5.83. The SMILES string of the molecule is CCC(C(=O)NCc1cc(C)nc(N(C)C)n1)c1ccccc1. The predicted molar refractivity (Wildman–Crippen MR) is 92.4 cm³/mol. The third kappa shape index (κ3) is 4.52. The molecule has 1 atom stereocenters. The van der Waals surface area contributed by atoms with Crippen molar-refractivity contribution < 1.29 is 4.79 Å². The first-order valence-electron chi connectivity index (χ1n) is 7.85. The number of anilines is 1. The number of hydrogen-bond acceptors (Lipinski definition) is 4. The van der Waals surface area contributed by atoms with Crippen LogP contribution in [0.1, 0.15) is 36.2 Å². The molecule has 0 saturated carbocycles. The van der Waals surface area contributed by atoms with Crippen LogP contribution in [-0.2, 0) is 11.3 Å². The first-order valence-corrected chi connectivity index (χ1v) is 7.85. The van der Waals surface area contributed by atoms with Crippen molar-refractivity contribution >= 4 is 11.9 Å². The van der Waals surface area contributed by atoms with E-state index in [1.54, 1.807) is 0 Å². The third-order valence-electron chi connectivity index (χ3n) is 3.67. The average molecular weight is 312 g/mol. The van der Waals surface area contributed by atoms with E-state index in [0.29, 0.717) is 12.5 Å². The number of carbonyl (C=O) groups is 1. The number of rotatable bonds is 6. The van der Waals surface area contributed by atoms with Gasteiger partial charge in [0.05, 0.1) is 18.2 Å². The first kappa shape index (κ1) is 16.9. The molecule has 0 aliphatic carbocycles. The lowest BCUT2D eigenvalue weighted by Crippen LogP contribution is -2.29. The molecule has 0 fully saturated rings. The van der Waals surface area contributed by atoms with Crippen molar-refractivity contribution in [2.75, 3.05) is 19.0 Å². The van der Waals surface area contributed by atoms with E-state index in [4.69, 9.17) is 0 Å². The van der Waals surface area contributed by atoms with Crippen molar-refractivity contribution in [3.8, 4) is 0 Å². The van der Waals surface area contributed by atoms with Gasteiger partial charge >= 0.3 is 0 Å². The Morgan fingerprint density at radius 2 is 1.91 bits per heavy atom. The van der Waals surface area contributed by atoms with Gasteiger partial charge < -0.3 is 10.2 Å². The smallest absolute Gasteiger partial charge is 0.227 e. The molecule has 1 N–H and O–H groups in total. The Kier molecular flexibility index (Phi) is 5.68. The minimum absolute atomic E-state index is 0.0290. The third-order valence-corrected chi connectivity index (χ3v) is 3.67. The van der Waals surface area contributed by atoms with Crippen LogP contribution >= 0.6 is 0 Å². The van der Waals surface area contributed by atoms with Gasteiger partial charge in [-0.2, -0.15) is 0 Å². The maximum absolute atomic E-state index is 12.5. The van der Waals surface area contributed by atoms with Crippen LogP contribution in [0.25, 0.3) is 0 Å². The maximum atomic E-state index is 12.5. The molecular formula is C18H24N4O. The number of aromatic nitrogens is 2. The lowest BCUT2D eigenvalue weighted by Gasteiger charge is -2.16. The number of benzene rings is 1. The van der Waals surface area contributed by atoms with Crippen LogP contribution in [0, 0.1) is 6.92 Å². The van der Waals surface area contributed by atoms with Gasteiger partial charge in [0.2, 0.25) is 11.9 Å². The molecule has 0 radical (unpaired) electrons. The summed E-state index contributed by atoms with van der Waals surface area (Å²) >= 11 is 0.